The Labute approximate surface area is 127 Å². The third kappa shape index (κ3) is 4.86. The summed E-state index contributed by atoms with van der Waals surface area (Å²) in [7, 11) is 0. The molecule has 1 N–H and O–H groups in total. The van der Waals surface area contributed by atoms with Gasteiger partial charge in [-0.05, 0) is 41.5 Å². The van der Waals surface area contributed by atoms with E-state index in [1.54, 1.807) is 11.8 Å². The van der Waals surface area contributed by atoms with Crippen molar-refractivity contribution in [2.45, 2.75) is 64.4 Å². The van der Waals surface area contributed by atoms with Crippen LogP contribution in [0.5, 0.6) is 0 Å². The molecular formula is C17H26O2S. The zero-order valence-corrected chi connectivity index (χ0v) is 14.2. The summed E-state index contributed by atoms with van der Waals surface area (Å²) in [5.74, 6) is 0.165. The van der Waals surface area contributed by atoms with E-state index in [1.165, 1.54) is 22.3 Å². The van der Waals surface area contributed by atoms with E-state index in [2.05, 4.69) is 46.8 Å². The zero-order chi connectivity index (χ0) is 15.5. The Morgan fingerprint density at radius 3 is 2.15 bits per heavy atom. The number of hydrogen-bond donors (Lipinski definition) is 1. The summed E-state index contributed by atoms with van der Waals surface area (Å²) in [5.41, 5.74) is 5.49. The molecule has 1 unspecified atom stereocenters. The van der Waals surface area contributed by atoms with Crippen molar-refractivity contribution in [1.82, 2.24) is 0 Å². The molecule has 0 spiro atoms. The van der Waals surface area contributed by atoms with Crippen LogP contribution in [0.2, 0.25) is 0 Å². The van der Waals surface area contributed by atoms with Crippen molar-refractivity contribution in [3.8, 4) is 0 Å². The van der Waals surface area contributed by atoms with Crippen LogP contribution in [-0.2, 0) is 16.0 Å². The number of rotatable bonds is 5. The van der Waals surface area contributed by atoms with Crippen molar-refractivity contribution in [1.29, 1.82) is 0 Å². The number of benzene rings is 1. The van der Waals surface area contributed by atoms with Crippen LogP contribution in [0.25, 0.3) is 0 Å². The van der Waals surface area contributed by atoms with E-state index < -0.39 is 5.97 Å². The summed E-state index contributed by atoms with van der Waals surface area (Å²) in [4.78, 5) is 10.7. The molecule has 0 bridgehead atoms. The minimum Gasteiger partial charge on any atom is -0.481 e. The van der Waals surface area contributed by atoms with E-state index in [4.69, 9.17) is 5.11 Å². The number of carboxylic acids is 1. The smallest absolute Gasteiger partial charge is 0.304 e. The molecule has 1 aromatic rings. The standard InChI is InChI=1S/C17H26O2S/c1-11-7-14(17(4,5)6)8-12(2)15(11)10-20-13(3)9-16(18)19/h7-8,13H,9-10H2,1-6H3,(H,18,19). The Balaban J connectivity index is 2.84. The van der Waals surface area contributed by atoms with Crippen LogP contribution in [0.4, 0.5) is 0 Å². The van der Waals surface area contributed by atoms with E-state index in [-0.39, 0.29) is 17.1 Å². The van der Waals surface area contributed by atoms with Gasteiger partial charge in [-0.15, -0.1) is 0 Å². The Bertz CT molecular complexity index is 463. The Hall–Kier alpha value is -0.960. The second kappa shape index (κ2) is 6.66. The summed E-state index contributed by atoms with van der Waals surface area (Å²) in [6, 6.07) is 4.54. The summed E-state index contributed by atoms with van der Waals surface area (Å²) < 4.78 is 0. The van der Waals surface area contributed by atoms with Crippen LogP contribution in [0, 0.1) is 13.8 Å². The van der Waals surface area contributed by atoms with Crippen molar-refractivity contribution in [3.05, 3.63) is 34.4 Å². The lowest BCUT2D eigenvalue weighted by Crippen LogP contribution is -2.12. The lowest BCUT2D eigenvalue weighted by atomic mass is 9.84. The lowest BCUT2D eigenvalue weighted by Gasteiger charge is -2.22. The maximum atomic E-state index is 10.7. The van der Waals surface area contributed by atoms with E-state index in [1.807, 2.05) is 6.92 Å². The topological polar surface area (TPSA) is 37.3 Å². The molecule has 0 aliphatic heterocycles. The van der Waals surface area contributed by atoms with E-state index >= 15 is 0 Å². The highest BCUT2D eigenvalue weighted by molar-refractivity contribution is 7.99. The normalized spacial score (nSPS) is 13.3. The first kappa shape index (κ1) is 17.1. The number of aliphatic carboxylic acids is 1. The molecular weight excluding hydrogens is 268 g/mol. The molecule has 2 nitrogen and oxygen atoms in total. The highest BCUT2D eigenvalue weighted by atomic mass is 32.2. The predicted molar refractivity (Wildman–Crippen MR) is 87.6 cm³/mol. The van der Waals surface area contributed by atoms with Gasteiger partial charge < -0.3 is 5.11 Å². The van der Waals surface area contributed by atoms with Crippen molar-refractivity contribution < 1.29 is 9.90 Å². The largest absolute Gasteiger partial charge is 0.481 e. The summed E-state index contributed by atoms with van der Waals surface area (Å²) in [5, 5.41) is 8.95. The zero-order valence-electron chi connectivity index (χ0n) is 13.4. The SMILES string of the molecule is Cc1cc(C(C)(C)C)cc(C)c1CSC(C)CC(=O)O. The molecule has 1 atom stereocenters. The fraction of sp³-hybridized carbons (Fsp3) is 0.588. The van der Waals surface area contributed by atoms with Gasteiger partial charge in [0.15, 0.2) is 0 Å². The van der Waals surface area contributed by atoms with Crippen LogP contribution in [0.1, 0.15) is 56.4 Å². The van der Waals surface area contributed by atoms with Gasteiger partial charge in [-0.1, -0.05) is 39.8 Å². The van der Waals surface area contributed by atoms with Crippen molar-refractivity contribution >= 4 is 17.7 Å². The molecule has 0 aromatic heterocycles. The van der Waals surface area contributed by atoms with Crippen molar-refractivity contribution in [2.75, 3.05) is 0 Å². The molecule has 0 saturated carbocycles. The number of aryl methyl sites for hydroxylation is 2. The van der Waals surface area contributed by atoms with Gasteiger partial charge in [0.25, 0.3) is 0 Å². The quantitative estimate of drug-likeness (QED) is 0.855. The fourth-order valence-corrected chi connectivity index (χ4v) is 3.35. The number of carbonyl (C=O) groups is 1. The van der Waals surface area contributed by atoms with Gasteiger partial charge in [-0.3, -0.25) is 4.79 Å². The van der Waals surface area contributed by atoms with Gasteiger partial charge >= 0.3 is 5.97 Å². The molecule has 0 aliphatic carbocycles. The lowest BCUT2D eigenvalue weighted by molar-refractivity contribution is -0.136. The van der Waals surface area contributed by atoms with Crippen LogP contribution in [0.15, 0.2) is 12.1 Å². The van der Waals surface area contributed by atoms with Gasteiger partial charge in [-0.2, -0.15) is 11.8 Å². The molecule has 1 aromatic carbocycles. The Morgan fingerprint density at radius 1 is 1.25 bits per heavy atom. The number of hydrogen-bond acceptors (Lipinski definition) is 2. The van der Waals surface area contributed by atoms with Gasteiger partial charge in [0, 0.05) is 11.0 Å². The number of thioether (sulfide) groups is 1. The second-order valence-corrected chi connectivity index (χ2v) is 7.98. The van der Waals surface area contributed by atoms with Crippen molar-refractivity contribution in [3.63, 3.8) is 0 Å². The highest BCUT2D eigenvalue weighted by Gasteiger charge is 2.17. The molecule has 1 rings (SSSR count). The molecule has 0 saturated heterocycles. The maximum Gasteiger partial charge on any atom is 0.304 e. The van der Waals surface area contributed by atoms with E-state index in [0.29, 0.717) is 0 Å². The highest BCUT2D eigenvalue weighted by Crippen LogP contribution is 2.30. The van der Waals surface area contributed by atoms with Gasteiger partial charge in [-0.25, -0.2) is 0 Å². The Morgan fingerprint density at radius 2 is 1.75 bits per heavy atom. The molecule has 0 amide bonds. The molecule has 20 heavy (non-hydrogen) atoms. The maximum absolute atomic E-state index is 10.7. The first-order chi connectivity index (χ1) is 9.11. The van der Waals surface area contributed by atoms with Gasteiger partial charge in [0.05, 0.1) is 6.42 Å². The molecule has 0 fully saturated rings. The van der Waals surface area contributed by atoms with E-state index in [0.717, 1.165) is 5.75 Å². The van der Waals surface area contributed by atoms with Gasteiger partial charge in [0.2, 0.25) is 0 Å². The molecule has 0 aliphatic rings. The molecule has 0 heterocycles. The summed E-state index contributed by atoms with van der Waals surface area (Å²) in [6.07, 6.45) is 0.225. The van der Waals surface area contributed by atoms with E-state index in [9.17, 15) is 4.79 Å². The third-order valence-electron chi connectivity index (χ3n) is 3.54. The summed E-state index contributed by atoms with van der Waals surface area (Å²) in [6.45, 7) is 13.0. The van der Waals surface area contributed by atoms with Crippen LogP contribution >= 0.6 is 11.8 Å². The van der Waals surface area contributed by atoms with Crippen LogP contribution in [0.3, 0.4) is 0 Å². The van der Waals surface area contributed by atoms with Crippen LogP contribution < -0.4 is 0 Å². The van der Waals surface area contributed by atoms with Crippen molar-refractivity contribution in [2.24, 2.45) is 0 Å². The predicted octanol–water partition coefficient (Wildman–Crippen LogP) is 4.70. The minimum absolute atomic E-state index is 0.147. The summed E-state index contributed by atoms with van der Waals surface area (Å²) >= 11 is 1.72. The molecule has 0 radical (unpaired) electrons. The Kier molecular flexibility index (Phi) is 5.69. The minimum atomic E-state index is -0.721. The molecule has 3 heteroatoms. The first-order valence-corrected chi connectivity index (χ1v) is 8.10. The monoisotopic (exact) mass is 294 g/mol. The fourth-order valence-electron chi connectivity index (χ4n) is 2.18. The average molecular weight is 294 g/mol. The second-order valence-electron chi connectivity index (χ2n) is 6.56. The number of carboxylic acid groups (broad SMARTS) is 1. The van der Waals surface area contributed by atoms with Crippen LogP contribution in [-0.4, -0.2) is 16.3 Å². The third-order valence-corrected chi connectivity index (χ3v) is 4.73. The van der Waals surface area contributed by atoms with Gasteiger partial charge in [0.1, 0.15) is 0 Å². The first-order valence-electron chi connectivity index (χ1n) is 7.05. The molecule has 112 valence electrons. The average Bonchev–Trinajstić information content (AvgIpc) is 2.25.